The first-order valence-electron chi connectivity index (χ1n) is 13.8. The summed E-state index contributed by atoms with van der Waals surface area (Å²) in [4.78, 5) is 45.1. The molecule has 1 N–H and O–H groups in total. The molecule has 0 aliphatic carbocycles. The van der Waals surface area contributed by atoms with Crippen LogP contribution in [0.1, 0.15) is 50.6 Å². The molecule has 7 atom stereocenters. The third-order valence-corrected chi connectivity index (χ3v) is 9.01. The van der Waals surface area contributed by atoms with E-state index in [4.69, 9.17) is 9.47 Å². The molecule has 3 saturated heterocycles. The molecule has 1 aromatic carbocycles. The minimum Gasteiger partial charge on any atom is -0.465 e. The van der Waals surface area contributed by atoms with Crippen LogP contribution in [0.25, 0.3) is 0 Å². The zero-order valence-corrected chi connectivity index (χ0v) is 24.1. The molecule has 2 bridgehead atoms. The Labute approximate surface area is 239 Å². The number of likely N-dealkylation sites (tertiary alicyclic amines) is 1. The summed E-state index contributed by atoms with van der Waals surface area (Å²) in [6, 6.07) is 7.40. The van der Waals surface area contributed by atoms with Crippen molar-refractivity contribution in [1.29, 1.82) is 0 Å². The highest BCUT2D eigenvalue weighted by molar-refractivity contribution is 9.09. The van der Waals surface area contributed by atoms with Crippen LogP contribution in [0.4, 0.5) is 0 Å². The fourth-order valence-corrected chi connectivity index (χ4v) is 7.39. The van der Waals surface area contributed by atoms with E-state index in [2.05, 4.69) is 36.0 Å². The van der Waals surface area contributed by atoms with Gasteiger partial charge in [-0.1, -0.05) is 71.8 Å². The van der Waals surface area contributed by atoms with Gasteiger partial charge in [0, 0.05) is 17.9 Å². The van der Waals surface area contributed by atoms with Gasteiger partial charge in [-0.2, -0.15) is 0 Å². The largest absolute Gasteiger partial charge is 0.465 e. The van der Waals surface area contributed by atoms with Gasteiger partial charge >= 0.3 is 5.97 Å². The lowest BCUT2D eigenvalue weighted by molar-refractivity contribution is -0.156. The number of carbonyl (C=O) groups excluding carboxylic acids is 3. The topological polar surface area (TPSA) is 96.4 Å². The van der Waals surface area contributed by atoms with Crippen LogP contribution in [0.5, 0.6) is 0 Å². The van der Waals surface area contributed by atoms with E-state index in [0.29, 0.717) is 37.9 Å². The Morgan fingerprint density at radius 2 is 2.03 bits per heavy atom. The molecule has 3 heterocycles. The number of rotatable bonds is 14. The number of amides is 2. The number of hydrogen-bond donors (Lipinski definition) is 1. The normalized spacial score (nSPS) is 29.7. The number of aliphatic hydroxyl groups is 1. The molecule has 0 radical (unpaired) electrons. The van der Waals surface area contributed by atoms with E-state index in [1.54, 1.807) is 17.1 Å². The number of fused-ring (bicyclic) bond motifs is 1. The number of carbonyl (C=O) groups is 3. The van der Waals surface area contributed by atoms with Crippen molar-refractivity contribution in [2.24, 2.45) is 11.8 Å². The van der Waals surface area contributed by atoms with E-state index >= 15 is 0 Å². The Bertz CT molecular complexity index is 1070. The molecule has 212 valence electrons. The second-order valence-corrected chi connectivity index (χ2v) is 11.7. The molecule has 3 unspecified atom stereocenters. The van der Waals surface area contributed by atoms with Gasteiger partial charge < -0.3 is 24.4 Å². The highest BCUT2D eigenvalue weighted by atomic mass is 79.9. The first-order chi connectivity index (χ1) is 18.9. The maximum atomic E-state index is 14.4. The van der Waals surface area contributed by atoms with Gasteiger partial charge in [0.1, 0.15) is 11.6 Å². The van der Waals surface area contributed by atoms with Gasteiger partial charge in [0.05, 0.1) is 37.2 Å². The summed E-state index contributed by atoms with van der Waals surface area (Å²) in [6.45, 7) is 10.2. The minimum atomic E-state index is -1.22. The van der Waals surface area contributed by atoms with E-state index in [1.165, 1.54) is 4.90 Å². The number of halogens is 1. The monoisotopic (exact) mass is 602 g/mol. The van der Waals surface area contributed by atoms with Crippen LogP contribution in [0.15, 0.2) is 55.6 Å². The van der Waals surface area contributed by atoms with Gasteiger partial charge in [-0.25, -0.2) is 0 Å². The van der Waals surface area contributed by atoms with Gasteiger partial charge in [0.2, 0.25) is 11.8 Å². The van der Waals surface area contributed by atoms with Gasteiger partial charge in [-0.05, 0) is 31.2 Å². The Balaban J connectivity index is 1.77. The fourth-order valence-electron chi connectivity index (χ4n) is 6.45. The maximum Gasteiger partial charge on any atom is 0.312 e. The van der Waals surface area contributed by atoms with Crippen molar-refractivity contribution in [2.75, 3.05) is 26.3 Å². The SMILES string of the molecule is C=CCCCOC(=O)[C@H]1[C@H]2C(=O)N([C@H](CO)c3ccccc3)C(C(=O)N(CC=C)CCCC)C23CC(Br)[C@@H]1O3. The second-order valence-electron chi connectivity index (χ2n) is 10.5. The summed E-state index contributed by atoms with van der Waals surface area (Å²) in [6.07, 6.45) is 6.28. The van der Waals surface area contributed by atoms with Crippen LogP contribution >= 0.6 is 15.9 Å². The van der Waals surface area contributed by atoms with Crippen molar-refractivity contribution in [3.05, 3.63) is 61.2 Å². The molecule has 3 aliphatic heterocycles. The summed E-state index contributed by atoms with van der Waals surface area (Å²) in [5.74, 6) is -2.84. The molecule has 0 saturated carbocycles. The lowest BCUT2D eigenvalue weighted by Gasteiger charge is -2.39. The van der Waals surface area contributed by atoms with Crippen molar-refractivity contribution in [3.8, 4) is 0 Å². The predicted octanol–water partition coefficient (Wildman–Crippen LogP) is 3.79. The van der Waals surface area contributed by atoms with E-state index < -0.39 is 41.6 Å². The Kier molecular flexibility index (Phi) is 9.67. The van der Waals surface area contributed by atoms with Gasteiger partial charge in [-0.15, -0.1) is 13.2 Å². The van der Waals surface area contributed by atoms with E-state index in [1.807, 2.05) is 30.3 Å². The molecular formula is C30H39BrN2O6. The highest BCUT2D eigenvalue weighted by Crippen LogP contribution is 2.61. The number of esters is 1. The quantitative estimate of drug-likeness (QED) is 0.151. The van der Waals surface area contributed by atoms with Crippen LogP contribution in [-0.2, 0) is 23.9 Å². The van der Waals surface area contributed by atoms with Gasteiger partial charge in [0.15, 0.2) is 0 Å². The van der Waals surface area contributed by atoms with Crippen molar-refractivity contribution in [2.45, 2.75) is 67.6 Å². The number of allylic oxidation sites excluding steroid dienone is 1. The van der Waals surface area contributed by atoms with Crippen molar-refractivity contribution in [1.82, 2.24) is 9.80 Å². The van der Waals surface area contributed by atoms with E-state index in [9.17, 15) is 19.5 Å². The maximum absolute atomic E-state index is 14.4. The Morgan fingerprint density at radius 1 is 1.28 bits per heavy atom. The van der Waals surface area contributed by atoms with E-state index in [-0.39, 0.29) is 29.9 Å². The Morgan fingerprint density at radius 3 is 2.67 bits per heavy atom. The average Bonchev–Trinajstić information content (AvgIpc) is 3.53. The van der Waals surface area contributed by atoms with Crippen molar-refractivity contribution in [3.63, 3.8) is 0 Å². The summed E-state index contributed by atoms with van der Waals surface area (Å²) < 4.78 is 12.2. The minimum absolute atomic E-state index is 0.217. The number of benzene rings is 1. The molecule has 8 nitrogen and oxygen atoms in total. The number of aliphatic hydroxyl groups excluding tert-OH is 1. The molecule has 3 fully saturated rings. The van der Waals surface area contributed by atoms with Gasteiger partial charge in [0.25, 0.3) is 0 Å². The Hall–Kier alpha value is -2.49. The van der Waals surface area contributed by atoms with Crippen LogP contribution in [-0.4, -0.2) is 81.6 Å². The summed E-state index contributed by atoms with van der Waals surface area (Å²) in [5, 5.41) is 10.6. The molecule has 2 amide bonds. The number of ether oxygens (including phenoxy) is 2. The third kappa shape index (κ3) is 5.33. The highest BCUT2D eigenvalue weighted by Gasteiger charge is 2.77. The predicted molar refractivity (Wildman–Crippen MR) is 151 cm³/mol. The first kappa shape index (κ1) is 29.5. The average molecular weight is 604 g/mol. The zero-order chi connectivity index (χ0) is 28.2. The molecule has 1 aromatic rings. The zero-order valence-electron chi connectivity index (χ0n) is 22.5. The van der Waals surface area contributed by atoms with Crippen LogP contribution in [0, 0.1) is 11.8 Å². The number of alkyl halides is 1. The summed E-state index contributed by atoms with van der Waals surface area (Å²) >= 11 is 3.69. The van der Waals surface area contributed by atoms with Gasteiger partial charge in [-0.3, -0.25) is 14.4 Å². The molecule has 4 rings (SSSR count). The molecule has 9 heteroatoms. The third-order valence-electron chi connectivity index (χ3n) is 8.17. The fraction of sp³-hybridized carbons (Fsp3) is 0.567. The van der Waals surface area contributed by atoms with E-state index in [0.717, 1.165) is 12.8 Å². The van der Waals surface area contributed by atoms with Crippen LogP contribution < -0.4 is 0 Å². The smallest absolute Gasteiger partial charge is 0.312 e. The molecule has 0 aromatic heterocycles. The second kappa shape index (κ2) is 12.8. The molecule has 1 spiro atoms. The summed E-state index contributed by atoms with van der Waals surface area (Å²) in [7, 11) is 0. The summed E-state index contributed by atoms with van der Waals surface area (Å²) in [5.41, 5.74) is -0.508. The number of unbranched alkanes of at least 4 members (excludes halogenated alkanes) is 2. The molecular weight excluding hydrogens is 564 g/mol. The first-order valence-corrected chi connectivity index (χ1v) is 14.7. The standard InChI is InChI=1S/C30H39BrN2O6/c1-4-7-12-17-38-29(37)23-24-27(35)33(22(19-34)20-13-10-9-11-14-20)26(30(24)18-21(31)25(23)39-30)28(36)32(15-6-3)16-8-5-2/h4,6,9-11,13-14,21-26,34H,1,3,5,7-8,12,15-19H2,2H3/t21?,22-,23+,24+,25+,26?,30?/m1/s1. The van der Waals surface area contributed by atoms with Crippen LogP contribution in [0.2, 0.25) is 0 Å². The number of nitrogens with zero attached hydrogens (tertiary/aromatic N) is 2. The molecule has 39 heavy (non-hydrogen) atoms. The van der Waals surface area contributed by atoms with Crippen molar-refractivity contribution >= 4 is 33.7 Å². The lowest BCUT2D eigenvalue weighted by Crippen LogP contribution is -2.57. The molecule has 3 aliphatic rings. The van der Waals surface area contributed by atoms with Crippen molar-refractivity contribution < 1.29 is 29.0 Å². The lowest BCUT2D eigenvalue weighted by atomic mass is 9.70. The number of hydrogen-bond acceptors (Lipinski definition) is 6. The van der Waals surface area contributed by atoms with Crippen LogP contribution in [0.3, 0.4) is 0 Å².